The van der Waals surface area contributed by atoms with Crippen LogP contribution in [0.3, 0.4) is 0 Å². The highest BCUT2D eigenvalue weighted by atomic mass is 15.4. The fraction of sp³-hybridized carbons (Fsp3) is 0.286. The van der Waals surface area contributed by atoms with Gasteiger partial charge in [-0.05, 0) is 48.7 Å². The van der Waals surface area contributed by atoms with Gasteiger partial charge in [0.25, 0.3) is 0 Å². The van der Waals surface area contributed by atoms with E-state index in [1.54, 1.807) is 16.8 Å². The SMILES string of the molecule is CC(C)CCn1c(Cn2nnc3cc(C(=N)N)ccc32)nc2cc(C(=N)N)ccc21. The Bertz CT molecular complexity index is 1260. The molecule has 2 aromatic heterocycles. The molecule has 0 unspecified atom stereocenters. The smallest absolute Gasteiger partial charge is 0.131 e. The average Bonchev–Trinajstić information content (AvgIpc) is 3.26. The Labute approximate surface area is 173 Å². The zero-order valence-corrected chi connectivity index (χ0v) is 17.1. The molecule has 0 spiro atoms. The van der Waals surface area contributed by atoms with Crippen LogP contribution < -0.4 is 11.5 Å². The molecule has 4 aromatic rings. The predicted octanol–water partition coefficient (Wildman–Crippen LogP) is 2.44. The molecule has 0 radical (unpaired) electrons. The third-order valence-electron chi connectivity index (χ3n) is 5.18. The van der Waals surface area contributed by atoms with E-state index in [0.29, 0.717) is 29.1 Å². The molecule has 0 aliphatic carbocycles. The van der Waals surface area contributed by atoms with E-state index in [1.807, 2.05) is 24.3 Å². The lowest BCUT2D eigenvalue weighted by molar-refractivity contribution is 0.503. The van der Waals surface area contributed by atoms with Gasteiger partial charge in [-0.25, -0.2) is 9.67 Å². The first-order valence-corrected chi connectivity index (χ1v) is 9.84. The number of fused-ring (bicyclic) bond motifs is 2. The van der Waals surface area contributed by atoms with Crippen molar-refractivity contribution >= 4 is 33.7 Å². The van der Waals surface area contributed by atoms with Crippen LogP contribution in [-0.4, -0.2) is 36.2 Å². The molecule has 2 aromatic carbocycles. The molecular formula is C21H25N9. The number of imidazole rings is 1. The van der Waals surface area contributed by atoms with Crippen LogP contribution in [0.5, 0.6) is 0 Å². The van der Waals surface area contributed by atoms with Crippen LogP contribution in [0.1, 0.15) is 37.2 Å². The van der Waals surface area contributed by atoms with E-state index in [0.717, 1.165) is 35.3 Å². The number of nitrogen functional groups attached to an aromatic ring is 2. The van der Waals surface area contributed by atoms with Gasteiger partial charge in [-0.3, -0.25) is 10.8 Å². The summed E-state index contributed by atoms with van der Waals surface area (Å²) in [5.41, 5.74) is 15.9. The van der Waals surface area contributed by atoms with Gasteiger partial charge in [0.15, 0.2) is 0 Å². The van der Waals surface area contributed by atoms with E-state index in [-0.39, 0.29) is 11.7 Å². The lowest BCUT2D eigenvalue weighted by Crippen LogP contribution is -2.12. The van der Waals surface area contributed by atoms with Crippen molar-refractivity contribution in [3.63, 3.8) is 0 Å². The number of nitrogens with one attached hydrogen (secondary N) is 2. The van der Waals surface area contributed by atoms with Gasteiger partial charge in [-0.15, -0.1) is 5.10 Å². The van der Waals surface area contributed by atoms with E-state index in [9.17, 15) is 0 Å². The predicted molar refractivity (Wildman–Crippen MR) is 118 cm³/mol. The van der Waals surface area contributed by atoms with Gasteiger partial charge in [0.1, 0.15) is 29.6 Å². The molecule has 2 heterocycles. The lowest BCUT2D eigenvalue weighted by Gasteiger charge is -2.11. The second kappa shape index (κ2) is 7.58. The number of nitrogens with zero attached hydrogens (tertiary/aromatic N) is 5. The first-order valence-electron chi connectivity index (χ1n) is 9.84. The van der Waals surface area contributed by atoms with Crippen molar-refractivity contribution in [3.05, 3.63) is 53.3 Å². The number of aryl methyl sites for hydroxylation is 1. The van der Waals surface area contributed by atoms with Crippen LogP contribution in [0.15, 0.2) is 36.4 Å². The summed E-state index contributed by atoms with van der Waals surface area (Å²) >= 11 is 0. The zero-order chi connectivity index (χ0) is 21.4. The number of benzene rings is 2. The van der Waals surface area contributed by atoms with Crippen molar-refractivity contribution in [1.29, 1.82) is 10.8 Å². The van der Waals surface area contributed by atoms with Gasteiger partial charge in [0.05, 0.1) is 16.6 Å². The Morgan fingerprint density at radius 2 is 1.60 bits per heavy atom. The van der Waals surface area contributed by atoms with Crippen molar-refractivity contribution < 1.29 is 0 Å². The molecule has 6 N–H and O–H groups in total. The fourth-order valence-electron chi connectivity index (χ4n) is 3.50. The van der Waals surface area contributed by atoms with Crippen molar-refractivity contribution in [2.45, 2.75) is 33.4 Å². The Morgan fingerprint density at radius 3 is 2.23 bits per heavy atom. The number of aromatic nitrogens is 5. The van der Waals surface area contributed by atoms with Gasteiger partial charge >= 0.3 is 0 Å². The van der Waals surface area contributed by atoms with Gasteiger partial charge in [0, 0.05) is 17.7 Å². The summed E-state index contributed by atoms with van der Waals surface area (Å²) in [5.74, 6) is 1.46. The third-order valence-corrected chi connectivity index (χ3v) is 5.18. The first-order chi connectivity index (χ1) is 14.3. The topological polar surface area (TPSA) is 148 Å². The molecule has 4 rings (SSSR count). The Morgan fingerprint density at radius 1 is 0.967 bits per heavy atom. The minimum Gasteiger partial charge on any atom is -0.384 e. The summed E-state index contributed by atoms with van der Waals surface area (Å²) in [7, 11) is 0. The monoisotopic (exact) mass is 403 g/mol. The maximum atomic E-state index is 7.70. The molecule has 0 amide bonds. The quantitative estimate of drug-likeness (QED) is 0.276. The molecular weight excluding hydrogens is 378 g/mol. The normalized spacial score (nSPS) is 11.6. The van der Waals surface area contributed by atoms with Gasteiger partial charge in [-0.1, -0.05) is 19.1 Å². The van der Waals surface area contributed by atoms with Gasteiger partial charge < -0.3 is 16.0 Å². The van der Waals surface area contributed by atoms with Crippen molar-refractivity contribution in [1.82, 2.24) is 24.5 Å². The third kappa shape index (κ3) is 3.61. The Balaban J connectivity index is 1.77. The molecule has 30 heavy (non-hydrogen) atoms. The number of amidine groups is 2. The van der Waals surface area contributed by atoms with E-state index in [2.05, 4.69) is 28.7 Å². The second-order valence-electron chi connectivity index (χ2n) is 7.84. The Kier molecular flexibility index (Phi) is 4.94. The molecule has 0 fully saturated rings. The zero-order valence-electron chi connectivity index (χ0n) is 17.1. The average molecular weight is 403 g/mol. The van der Waals surface area contributed by atoms with Crippen LogP contribution in [0.2, 0.25) is 0 Å². The highest BCUT2D eigenvalue weighted by molar-refractivity contribution is 5.98. The number of rotatable bonds is 7. The maximum Gasteiger partial charge on any atom is 0.131 e. The highest BCUT2D eigenvalue weighted by Gasteiger charge is 2.15. The number of hydrogen-bond acceptors (Lipinski definition) is 5. The molecule has 0 atom stereocenters. The molecule has 9 nitrogen and oxygen atoms in total. The van der Waals surface area contributed by atoms with E-state index >= 15 is 0 Å². The largest absolute Gasteiger partial charge is 0.384 e. The minimum atomic E-state index is 0.00297. The number of hydrogen-bond donors (Lipinski definition) is 4. The summed E-state index contributed by atoms with van der Waals surface area (Å²) in [6, 6.07) is 11.1. The Hall–Kier alpha value is -3.75. The maximum absolute atomic E-state index is 7.70. The van der Waals surface area contributed by atoms with Gasteiger partial charge in [-0.2, -0.15) is 0 Å². The summed E-state index contributed by atoms with van der Waals surface area (Å²) < 4.78 is 4.01. The van der Waals surface area contributed by atoms with Crippen molar-refractivity contribution in [3.8, 4) is 0 Å². The summed E-state index contributed by atoms with van der Waals surface area (Å²) in [4.78, 5) is 4.83. The summed E-state index contributed by atoms with van der Waals surface area (Å²) in [6.07, 6.45) is 1.02. The van der Waals surface area contributed by atoms with Crippen LogP contribution in [-0.2, 0) is 13.1 Å². The fourth-order valence-corrected chi connectivity index (χ4v) is 3.50. The first kappa shape index (κ1) is 19.6. The van der Waals surface area contributed by atoms with E-state index in [1.165, 1.54) is 0 Å². The van der Waals surface area contributed by atoms with Crippen molar-refractivity contribution in [2.75, 3.05) is 0 Å². The van der Waals surface area contributed by atoms with Crippen molar-refractivity contribution in [2.24, 2.45) is 17.4 Å². The standard InChI is InChI=1S/C21H25N9/c1-12(2)7-8-29-17-5-3-13(20(22)23)9-15(17)26-19(29)11-30-18-6-4-14(21(24)25)10-16(18)27-28-30/h3-6,9-10,12H,7-8,11H2,1-2H3,(H3,22,23)(H3,24,25). The molecule has 9 heteroatoms. The molecule has 0 aliphatic rings. The van der Waals surface area contributed by atoms with E-state index in [4.69, 9.17) is 27.3 Å². The summed E-state index contributed by atoms with van der Waals surface area (Å²) in [6.45, 7) is 5.69. The highest BCUT2D eigenvalue weighted by Crippen LogP contribution is 2.22. The second-order valence-corrected chi connectivity index (χ2v) is 7.84. The number of nitrogens with two attached hydrogens (primary N) is 2. The van der Waals surface area contributed by atoms with Gasteiger partial charge in [0.2, 0.25) is 0 Å². The molecule has 0 bridgehead atoms. The molecule has 0 saturated heterocycles. The molecule has 154 valence electrons. The van der Waals surface area contributed by atoms with Crippen LogP contribution in [0.4, 0.5) is 0 Å². The van der Waals surface area contributed by atoms with Crippen LogP contribution >= 0.6 is 0 Å². The van der Waals surface area contributed by atoms with E-state index < -0.39 is 0 Å². The minimum absolute atomic E-state index is 0.00297. The van der Waals surface area contributed by atoms with Crippen LogP contribution in [0.25, 0.3) is 22.1 Å². The summed E-state index contributed by atoms with van der Waals surface area (Å²) in [5, 5.41) is 23.8. The molecule has 0 saturated carbocycles. The molecule has 0 aliphatic heterocycles. The van der Waals surface area contributed by atoms with Crippen LogP contribution in [0, 0.1) is 16.7 Å². The lowest BCUT2D eigenvalue weighted by atomic mass is 10.1.